The highest BCUT2D eigenvalue weighted by Crippen LogP contribution is 2.20. The lowest BCUT2D eigenvalue weighted by Gasteiger charge is -2.22. The lowest BCUT2D eigenvalue weighted by atomic mass is 10.1. The summed E-state index contributed by atoms with van der Waals surface area (Å²) < 4.78 is 0. The molecule has 4 rings (SSSR count). The number of aryl methyl sites for hydroxylation is 1. The summed E-state index contributed by atoms with van der Waals surface area (Å²) in [6, 6.07) is 10.5. The molecule has 26 heavy (non-hydrogen) atoms. The molecule has 1 fully saturated rings. The van der Waals surface area contributed by atoms with Crippen molar-refractivity contribution in [1.82, 2.24) is 15.0 Å². The third-order valence-corrected chi connectivity index (χ3v) is 5.12. The second-order valence-electron chi connectivity index (χ2n) is 7.13. The van der Waals surface area contributed by atoms with Gasteiger partial charge in [0.25, 0.3) is 0 Å². The first-order chi connectivity index (χ1) is 12.8. The zero-order chi connectivity index (χ0) is 17.8. The number of benzene rings is 1. The minimum Gasteiger partial charge on any atom is -0.361 e. The predicted molar refractivity (Wildman–Crippen MR) is 108 cm³/mol. The van der Waals surface area contributed by atoms with Gasteiger partial charge in [-0.25, -0.2) is 4.98 Å². The highest BCUT2D eigenvalue weighted by atomic mass is 15.2. The first-order valence-corrected chi connectivity index (χ1v) is 9.69. The average molecular weight is 349 g/mol. The fourth-order valence-corrected chi connectivity index (χ4v) is 3.74. The van der Waals surface area contributed by atoms with Gasteiger partial charge in [-0.15, -0.1) is 0 Å². The van der Waals surface area contributed by atoms with E-state index in [4.69, 9.17) is 4.98 Å². The number of nitrogens with zero attached hydrogens (tertiary/aromatic N) is 3. The van der Waals surface area contributed by atoms with Gasteiger partial charge in [0.15, 0.2) is 0 Å². The number of hydrogen-bond donors (Lipinski definition) is 2. The Labute approximate surface area is 154 Å². The van der Waals surface area contributed by atoms with E-state index in [1.807, 2.05) is 6.92 Å². The number of aromatic nitrogens is 3. The van der Waals surface area contributed by atoms with Crippen LogP contribution in [0.2, 0.25) is 0 Å². The molecule has 1 saturated heterocycles. The lowest BCUT2D eigenvalue weighted by Crippen LogP contribution is -2.25. The minimum absolute atomic E-state index is 0.740. The summed E-state index contributed by atoms with van der Waals surface area (Å²) in [6.07, 6.45) is 8.22. The third kappa shape index (κ3) is 3.82. The zero-order valence-corrected chi connectivity index (χ0v) is 15.5. The molecule has 136 valence electrons. The largest absolute Gasteiger partial charge is 0.361 e. The maximum absolute atomic E-state index is 4.78. The maximum Gasteiger partial charge on any atom is 0.224 e. The number of fused-ring (bicyclic) bond motifs is 1. The molecule has 0 atom stereocenters. The van der Waals surface area contributed by atoms with Crippen LogP contribution in [0.15, 0.2) is 36.5 Å². The molecule has 0 spiro atoms. The Morgan fingerprint density at radius 2 is 1.88 bits per heavy atom. The van der Waals surface area contributed by atoms with Gasteiger partial charge in [-0.3, -0.25) is 0 Å². The Kier molecular flexibility index (Phi) is 5.04. The van der Waals surface area contributed by atoms with E-state index in [0.717, 1.165) is 43.5 Å². The molecule has 2 N–H and O–H groups in total. The molecule has 0 aliphatic carbocycles. The Balaban J connectivity index is 1.43. The van der Waals surface area contributed by atoms with Gasteiger partial charge in [-0.05, 0) is 37.8 Å². The van der Waals surface area contributed by atoms with E-state index in [9.17, 15) is 0 Å². The molecule has 1 aromatic carbocycles. The molecule has 0 bridgehead atoms. The van der Waals surface area contributed by atoms with E-state index < -0.39 is 0 Å². The Bertz CT molecular complexity index is 862. The van der Waals surface area contributed by atoms with Crippen molar-refractivity contribution in [2.75, 3.05) is 29.9 Å². The smallest absolute Gasteiger partial charge is 0.224 e. The average Bonchev–Trinajstić information content (AvgIpc) is 2.87. The van der Waals surface area contributed by atoms with Gasteiger partial charge in [-0.2, -0.15) is 4.98 Å². The van der Waals surface area contributed by atoms with Crippen molar-refractivity contribution < 1.29 is 0 Å². The van der Waals surface area contributed by atoms with Crippen molar-refractivity contribution in [3.05, 3.63) is 47.8 Å². The summed E-state index contributed by atoms with van der Waals surface area (Å²) in [5.41, 5.74) is 3.54. The monoisotopic (exact) mass is 349 g/mol. The quantitative estimate of drug-likeness (QED) is 0.721. The van der Waals surface area contributed by atoms with E-state index in [1.54, 1.807) is 0 Å². The molecule has 0 saturated carbocycles. The van der Waals surface area contributed by atoms with Gasteiger partial charge in [0.05, 0.1) is 0 Å². The van der Waals surface area contributed by atoms with E-state index in [-0.39, 0.29) is 0 Å². The molecule has 1 aliphatic rings. The fraction of sp³-hybridized carbons (Fsp3) is 0.429. The van der Waals surface area contributed by atoms with E-state index in [0.29, 0.717) is 0 Å². The predicted octanol–water partition coefficient (Wildman–Crippen LogP) is 4.30. The third-order valence-electron chi connectivity index (χ3n) is 5.12. The Hall–Kier alpha value is -2.56. The van der Waals surface area contributed by atoms with Crippen LogP contribution in [0.4, 0.5) is 11.8 Å². The molecular weight excluding hydrogens is 322 g/mol. The zero-order valence-electron chi connectivity index (χ0n) is 15.5. The van der Waals surface area contributed by atoms with Crippen LogP contribution in [-0.2, 0) is 6.42 Å². The van der Waals surface area contributed by atoms with Gasteiger partial charge < -0.3 is 15.2 Å². The number of rotatable bonds is 5. The molecule has 5 nitrogen and oxygen atoms in total. The van der Waals surface area contributed by atoms with Crippen molar-refractivity contribution >= 4 is 22.7 Å². The molecule has 5 heteroatoms. The van der Waals surface area contributed by atoms with Crippen LogP contribution in [0, 0.1) is 6.92 Å². The van der Waals surface area contributed by atoms with Crippen LogP contribution in [0.25, 0.3) is 10.9 Å². The van der Waals surface area contributed by atoms with E-state index in [1.165, 1.54) is 42.1 Å². The number of para-hydroxylation sites is 1. The van der Waals surface area contributed by atoms with Crippen molar-refractivity contribution in [2.24, 2.45) is 0 Å². The van der Waals surface area contributed by atoms with Gasteiger partial charge in [0.1, 0.15) is 5.82 Å². The van der Waals surface area contributed by atoms with Crippen LogP contribution < -0.4 is 10.2 Å². The van der Waals surface area contributed by atoms with Crippen LogP contribution in [-0.4, -0.2) is 34.6 Å². The molecule has 0 unspecified atom stereocenters. The lowest BCUT2D eigenvalue weighted by molar-refractivity contribution is 0.726. The van der Waals surface area contributed by atoms with Crippen LogP contribution in [0.5, 0.6) is 0 Å². The highest BCUT2D eigenvalue weighted by molar-refractivity contribution is 5.83. The van der Waals surface area contributed by atoms with Gasteiger partial charge in [-0.1, -0.05) is 31.0 Å². The number of H-pyrrole nitrogens is 1. The highest BCUT2D eigenvalue weighted by Gasteiger charge is 2.13. The van der Waals surface area contributed by atoms with Crippen molar-refractivity contribution in [3.8, 4) is 0 Å². The maximum atomic E-state index is 4.78. The number of anilines is 2. The SMILES string of the molecule is Cc1cc(N2CCCCCC2)nc(NCCc2c[nH]c3ccccc23)n1. The second-order valence-corrected chi connectivity index (χ2v) is 7.13. The van der Waals surface area contributed by atoms with Crippen molar-refractivity contribution in [1.29, 1.82) is 0 Å². The number of aromatic amines is 1. The molecule has 3 aromatic rings. The summed E-state index contributed by atoms with van der Waals surface area (Å²) in [5.74, 6) is 1.80. The first-order valence-electron chi connectivity index (χ1n) is 9.69. The minimum atomic E-state index is 0.740. The topological polar surface area (TPSA) is 56.8 Å². The van der Waals surface area contributed by atoms with Crippen LogP contribution >= 0.6 is 0 Å². The summed E-state index contributed by atoms with van der Waals surface area (Å²) in [4.78, 5) is 15.1. The van der Waals surface area contributed by atoms with Crippen LogP contribution in [0.1, 0.15) is 36.9 Å². The van der Waals surface area contributed by atoms with Gasteiger partial charge in [0.2, 0.25) is 5.95 Å². The van der Waals surface area contributed by atoms with Crippen molar-refractivity contribution in [3.63, 3.8) is 0 Å². The van der Waals surface area contributed by atoms with E-state index >= 15 is 0 Å². The Morgan fingerprint density at radius 1 is 1.08 bits per heavy atom. The summed E-state index contributed by atoms with van der Waals surface area (Å²) in [7, 11) is 0. The number of nitrogens with one attached hydrogen (secondary N) is 2. The molecule has 2 aromatic heterocycles. The fourth-order valence-electron chi connectivity index (χ4n) is 3.74. The normalized spacial score (nSPS) is 15.2. The number of hydrogen-bond acceptors (Lipinski definition) is 4. The Morgan fingerprint density at radius 3 is 2.73 bits per heavy atom. The molecule has 3 heterocycles. The summed E-state index contributed by atoms with van der Waals surface area (Å²) in [5, 5.41) is 4.72. The van der Waals surface area contributed by atoms with Crippen LogP contribution in [0.3, 0.4) is 0 Å². The van der Waals surface area contributed by atoms with Gasteiger partial charge in [0, 0.05) is 48.5 Å². The summed E-state index contributed by atoms with van der Waals surface area (Å²) in [6.45, 7) is 5.08. The molecule has 1 aliphatic heterocycles. The van der Waals surface area contributed by atoms with Gasteiger partial charge >= 0.3 is 0 Å². The molecule has 0 radical (unpaired) electrons. The first kappa shape index (κ1) is 16.9. The van der Waals surface area contributed by atoms with Crippen molar-refractivity contribution in [2.45, 2.75) is 39.0 Å². The van der Waals surface area contributed by atoms with E-state index in [2.05, 4.69) is 56.7 Å². The molecular formula is C21H27N5. The summed E-state index contributed by atoms with van der Waals surface area (Å²) >= 11 is 0. The standard InChI is InChI=1S/C21H27N5/c1-16-14-20(26-12-6-2-3-7-13-26)25-21(24-16)22-11-10-17-15-23-19-9-5-4-8-18(17)19/h4-5,8-9,14-15,23H,2-3,6-7,10-13H2,1H3,(H,22,24,25). The molecule has 0 amide bonds. The second kappa shape index (κ2) is 7.77.